The van der Waals surface area contributed by atoms with Crippen LogP contribution in [0, 0.1) is 13.8 Å². The van der Waals surface area contributed by atoms with E-state index < -0.39 is 5.97 Å². The molecule has 0 atom stereocenters. The summed E-state index contributed by atoms with van der Waals surface area (Å²) in [5.74, 6) is -1.00. The van der Waals surface area contributed by atoms with E-state index in [-0.39, 0.29) is 5.69 Å². The van der Waals surface area contributed by atoms with Gasteiger partial charge in [0.1, 0.15) is 5.69 Å². The van der Waals surface area contributed by atoms with Gasteiger partial charge in [-0.1, -0.05) is 12.1 Å². The van der Waals surface area contributed by atoms with Crippen LogP contribution < -0.4 is 0 Å². The average molecular weight is 269 g/mol. The molecular weight excluding hydrogens is 254 g/mol. The summed E-state index contributed by atoms with van der Waals surface area (Å²) in [7, 11) is 2.03. The number of H-pyrrole nitrogens is 1. The number of carbonyl (C=O) groups is 1. The molecule has 3 aromatic rings. The Morgan fingerprint density at radius 1 is 1.30 bits per heavy atom. The molecular formula is C15H15N3O2. The normalized spacial score (nSPS) is 11.2. The number of carboxylic acid groups (broad SMARTS) is 1. The van der Waals surface area contributed by atoms with Crippen molar-refractivity contribution in [3.8, 4) is 11.3 Å². The standard InChI is InChI=1S/C15H15N3O2/c1-8-9(2)18(3)14-6-10(4-5-11(8)14)12-7-13(15(19)20)17-16-12/h4-7H,1-3H3,(H,16,17)(H,19,20). The fourth-order valence-corrected chi connectivity index (χ4v) is 2.49. The quantitative estimate of drug-likeness (QED) is 0.751. The number of nitrogens with one attached hydrogen (secondary N) is 1. The van der Waals surface area contributed by atoms with E-state index in [1.54, 1.807) is 6.07 Å². The summed E-state index contributed by atoms with van der Waals surface area (Å²) in [6.45, 7) is 4.19. The van der Waals surface area contributed by atoms with Gasteiger partial charge in [-0.05, 0) is 31.5 Å². The monoisotopic (exact) mass is 269 g/mol. The first-order chi connectivity index (χ1) is 9.49. The third kappa shape index (κ3) is 1.71. The van der Waals surface area contributed by atoms with Crippen LogP contribution in [0.15, 0.2) is 24.3 Å². The van der Waals surface area contributed by atoms with Crippen molar-refractivity contribution in [1.29, 1.82) is 0 Å². The second kappa shape index (κ2) is 4.23. The number of carboxylic acids is 1. The minimum atomic E-state index is -1.00. The van der Waals surface area contributed by atoms with Gasteiger partial charge in [0.2, 0.25) is 0 Å². The van der Waals surface area contributed by atoms with Crippen molar-refractivity contribution >= 4 is 16.9 Å². The van der Waals surface area contributed by atoms with Crippen LogP contribution in [0.3, 0.4) is 0 Å². The molecule has 0 aliphatic carbocycles. The number of aromatic nitrogens is 3. The first-order valence-electron chi connectivity index (χ1n) is 6.33. The van der Waals surface area contributed by atoms with Gasteiger partial charge in [0.25, 0.3) is 0 Å². The van der Waals surface area contributed by atoms with Gasteiger partial charge < -0.3 is 9.67 Å². The minimum Gasteiger partial charge on any atom is -0.477 e. The van der Waals surface area contributed by atoms with E-state index in [0.717, 1.165) is 11.1 Å². The Morgan fingerprint density at radius 2 is 2.05 bits per heavy atom. The molecule has 0 amide bonds. The molecule has 2 aromatic heterocycles. The molecule has 0 bridgehead atoms. The number of aryl methyl sites for hydroxylation is 2. The number of nitrogens with zero attached hydrogens (tertiary/aromatic N) is 2. The Kier molecular flexibility index (Phi) is 2.64. The molecule has 5 nitrogen and oxygen atoms in total. The van der Waals surface area contributed by atoms with Crippen molar-refractivity contribution in [2.24, 2.45) is 7.05 Å². The van der Waals surface area contributed by atoms with Crippen molar-refractivity contribution in [2.45, 2.75) is 13.8 Å². The molecule has 20 heavy (non-hydrogen) atoms. The van der Waals surface area contributed by atoms with E-state index in [2.05, 4.69) is 34.7 Å². The molecule has 1 aromatic carbocycles. The van der Waals surface area contributed by atoms with Crippen molar-refractivity contribution in [1.82, 2.24) is 14.8 Å². The van der Waals surface area contributed by atoms with Gasteiger partial charge in [0, 0.05) is 29.2 Å². The van der Waals surface area contributed by atoms with Gasteiger partial charge in [0.05, 0.1) is 5.69 Å². The summed E-state index contributed by atoms with van der Waals surface area (Å²) in [6, 6.07) is 7.61. The zero-order valence-corrected chi connectivity index (χ0v) is 11.6. The molecule has 0 aliphatic heterocycles. The Bertz CT molecular complexity index is 827. The maximum absolute atomic E-state index is 10.9. The van der Waals surface area contributed by atoms with Crippen molar-refractivity contribution in [3.05, 3.63) is 41.2 Å². The molecule has 102 valence electrons. The number of rotatable bonds is 2. The summed E-state index contributed by atoms with van der Waals surface area (Å²) in [4.78, 5) is 10.9. The molecule has 0 spiro atoms. The third-order valence-electron chi connectivity index (χ3n) is 3.91. The summed E-state index contributed by atoms with van der Waals surface area (Å²) in [6.07, 6.45) is 0. The minimum absolute atomic E-state index is 0.0966. The van der Waals surface area contributed by atoms with Crippen molar-refractivity contribution in [2.75, 3.05) is 0 Å². The van der Waals surface area contributed by atoms with Crippen LogP contribution >= 0.6 is 0 Å². The molecule has 2 N–H and O–H groups in total. The highest BCUT2D eigenvalue weighted by molar-refractivity contribution is 5.90. The van der Waals surface area contributed by atoms with E-state index >= 15 is 0 Å². The van der Waals surface area contributed by atoms with Crippen LogP contribution in [0.2, 0.25) is 0 Å². The summed E-state index contributed by atoms with van der Waals surface area (Å²) >= 11 is 0. The Morgan fingerprint density at radius 3 is 2.70 bits per heavy atom. The summed E-state index contributed by atoms with van der Waals surface area (Å²) in [5.41, 5.74) is 5.26. The van der Waals surface area contributed by atoms with Crippen molar-refractivity contribution in [3.63, 3.8) is 0 Å². The maximum atomic E-state index is 10.9. The number of benzene rings is 1. The van der Waals surface area contributed by atoms with Gasteiger partial charge in [-0.2, -0.15) is 5.10 Å². The molecule has 0 saturated heterocycles. The predicted molar refractivity (Wildman–Crippen MR) is 76.9 cm³/mol. The zero-order chi connectivity index (χ0) is 14.4. The Labute approximate surface area is 115 Å². The lowest BCUT2D eigenvalue weighted by molar-refractivity contribution is 0.0690. The highest BCUT2D eigenvalue weighted by atomic mass is 16.4. The number of fused-ring (bicyclic) bond motifs is 1. The number of aromatic amines is 1. The Hall–Kier alpha value is -2.56. The fraction of sp³-hybridized carbons (Fsp3) is 0.200. The largest absolute Gasteiger partial charge is 0.477 e. The van der Waals surface area contributed by atoms with Crippen LogP contribution in [-0.4, -0.2) is 25.8 Å². The predicted octanol–water partition coefficient (Wildman–Crippen LogP) is 2.88. The van der Waals surface area contributed by atoms with E-state index in [9.17, 15) is 4.79 Å². The van der Waals surface area contributed by atoms with Crippen LogP contribution in [0.4, 0.5) is 0 Å². The molecule has 5 heteroatoms. The SMILES string of the molecule is Cc1c(C)n(C)c2cc(-c3cc(C(=O)O)[nH]n3)ccc12. The summed E-state index contributed by atoms with van der Waals surface area (Å²) < 4.78 is 2.14. The van der Waals surface area contributed by atoms with Gasteiger partial charge >= 0.3 is 5.97 Å². The zero-order valence-electron chi connectivity index (χ0n) is 11.6. The number of aromatic carboxylic acids is 1. The van der Waals surface area contributed by atoms with Gasteiger partial charge in [-0.15, -0.1) is 0 Å². The molecule has 0 unspecified atom stereocenters. The third-order valence-corrected chi connectivity index (χ3v) is 3.91. The van der Waals surface area contributed by atoms with Gasteiger partial charge in [-0.25, -0.2) is 4.79 Å². The van der Waals surface area contributed by atoms with Crippen molar-refractivity contribution < 1.29 is 9.90 Å². The fourth-order valence-electron chi connectivity index (χ4n) is 2.49. The van der Waals surface area contributed by atoms with E-state index in [1.807, 2.05) is 19.2 Å². The van der Waals surface area contributed by atoms with Crippen LogP contribution in [0.25, 0.3) is 22.2 Å². The lowest BCUT2D eigenvalue weighted by Crippen LogP contribution is -1.95. The molecule has 0 radical (unpaired) electrons. The van der Waals surface area contributed by atoms with Crippen LogP contribution in [-0.2, 0) is 7.05 Å². The maximum Gasteiger partial charge on any atom is 0.353 e. The highest BCUT2D eigenvalue weighted by Crippen LogP contribution is 2.28. The van der Waals surface area contributed by atoms with E-state index in [0.29, 0.717) is 5.69 Å². The van der Waals surface area contributed by atoms with E-state index in [1.165, 1.54) is 16.6 Å². The average Bonchev–Trinajstić information content (AvgIpc) is 3.00. The molecule has 3 rings (SSSR count). The highest BCUT2D eigenvalue weighted by Gasteiger charge is 2.12. The van der Waals surface area contributed by atoms with Crippen LogP contribution in [0.1, 0.15) is 21.7 Å². The Balaban J connectivity index is 2.17. The smallest absolute Gasteiger partial charge is 0.353 e. The first kappa shape index (κ1) is 12.5. The first-order valence-corrected chi connectivity index (χ1v) is 6.33. The molecule has 0 aliphatic rings. The number of hydrogen-bond acceptors (Lipinski definition) is 2. The van der Waals surface area contributed by atoms with Gasteiger partial charge in [-0.3, -0.25) is 5.10 Å². The topological polar surface area (TPSA) is 70.9 Å². The molecule has 2 heterocycles. The summed E-state index contributed by atoms with van der Waals surface area (Å²) in [5, 5.41) is 16.7. The molecule has 0 saturated carbocycles. The lowest BCUT2D eigenvalue weighted by atomic mass is 10.1. The number of hydrogen-bond donors (Lipinski definition) is 2. The van der Waals surface area contributed by atoms with Crippen LogP contribution in [0.5, 0.6) is 0 Å². The second-order valence-corrected chi connectivity index (χ2v) is 4.97. The lowest BCUT2D eigenvalue weighted by Gasteiger charge is -2.01. The molecule has 0 fully saturated rings. The van der Waals surface area contributed by atoms with E-state index in [4.69, 9.17) is 5.11 Å². The van der Waals surface area contributed by atoms with Gasteiger partial charge in [0.15, 0.2) is 0 Å². The second-order valence-electron chi connectivity index (χ2n) is 4.97.